The number of nitrogens with two attached hydrogens (primary N) is 1. The van der Waals surface area contributed by atoms with Gasteiger partial charge in [-0.25, -0.2) is 0 Å². The summed E-state index contributed by atoms with van der Waals surface area (Å²) >= 11 is 0. The molecule has 3 N–H and O–H groups in total. The highest BCUT2D eigenvalue weighted by molar-refractivity contribution is 5.86. The molecule has 18 heavy (non-hydrogen) atoms. The molecule has 0 spiro atoms. The van der Waals surface area contributed by atoms with Crippen LogP contribution in [0.5, 0.6) is 0 Å². The van der Waals surface area contributed by atoms with Crippen LogP contribution < -0.4 is 10.6 Å². The SMILES string of the molecule is C[C@@H](C(N)=O)N1CC[C@@H](C(=O)O)c2ccccc21. The number of rotatable bonds is 3. The number of hydrogen-bond donors (Lipinski definition) is 2. The number of fused-ring (bicyclic) bond motifs is 1. The lowest BCUT2D eigenvalue weighted by molar-refractivity contribution is -0.139. The van der Waals surface area contributed by atoms with Gasteiger partial charge in [-0.2, -0.15) is 0 Å². The molecule has 2 atom stereocenters. The van der Waals surface area contributed by atoms with Crippen LogP contribution in [0.3, 0.4) is 0 Å². The van der Waals surface area contributed by atoms with E-state index in [4.69, 9.17) is 5.73 Å². The average molecular weight is 248 g/mol. The number of hydrogen-bond acceptors (Lipinski definition) is 3. The van der Waals surface area contributed by atoms with E-state index in [1.54, 1.807) is 13.0 Å². The summed E-state index contributed by atoms with van der Waals surface area (Å²) in [6, 6.07) is 6.86. The maximum Gasteiger partial charge on any atom is 0.311 e. The molecular formula is C13H16N2O3. The van der Waals surface area contributed by atoms with Gasteiger partial charge < -0.3 is 15.7 Å². The molecule has 5 heteroatoms. The molecule has 1 aromatic rings. The molecule has 1 amide bonds. The van der Waals surface area contributed by atoms with Gasteiger partial charge in [0.25, 0.3) is 0 Å². The van der Waals surface area contributed by atoms with Crippen molar-refractivity contribution in [1.29, 1.82) is 0 Å². The zero-order valence-electron chi connectivity index (χ0n) is 10.2. The largest absolute Gasteiger partial charge is 0.481 e. The van der Waals surface area contributed by atoms with Crippen molar-refractivity contribution in [3.63, 3.8) is 0 Å². The zero-order valence-corrected chi connectivity index (χ0v) is 10.2. The molecule has 0 unspecified atom stereocenters. The van der Waals surface area contributed by atoms with E-state index in [0.29, 0.717) is 13.0 Å². The van der Waals surface area contributed by atoms with Gasteiger partial charge >= 0.3 is 5.97 Å². The molecule has 0 aliphatic carbocycles. The molecule has 96 valence electrons. The first kappa shape index (κ1) is 12.4. The molecule has 1 aliphatic heterocycles. The molecule has 2 rings (SSSR count). The van der Waals surface area contributed by atoms with Crippen LogP contribution in [-0.4, -0.2) is 29.6 Å². The summed E-state index contributed by atoms with van der Waals surface area (Å²) in [5.74, 6) is -1.73. The highest BCUT2D eigenvalue weighted by Gasteiger charge is 2.32. The number of anilines is 1. The van der Waals surface area contributed by atoms with Gasteiger partial charge in [-0.3, -0.25) is 9.59 Å². The number of carbonyl (C=O) groups excluding carboxylic acids is 1. The van der Waals surface area contributed by atoms with Crippen LogP contribution in [0.25, 0.3) is 0 Å². The van der Waals surface area contributed by atoms with Crippen molar-refractivity contribution in [3.8, 4) is 0 Å². The lowest BCUT2D eigenvalue weighted by Gasteiger charge is -2.37. The fraction of sp³-hybridized carbons (Fsp3) is 0.385. The zero-order chi connectivity index (χ0) is 13.3. The summed E-state index contributed by atoms with van der Waals surface area (Å²) in [5, 5.41) is 9.21. The lowest BCUT2D eigenvalue weighted by Crippen LogP contribution is -2.46. The van der Waals surface area contributed by atoms with E-state index in [2.05, 4.69) is 0 Å². The molecule has 5 nitrogen and oxygen atoms in total. The summed E-state index contributed by atoms with van der Waals surface area (Å²) in [5.41, 5.74) is 6.87. The molecule has 0 fully saturated rings. The second-order valence-electron chi connectivity index (χ2n) is 4.51. The third kappa shape index (κ3) is 2.03. The Morgan fingerprint density at radius 1 is 1.44 bits per heavy atom. The molecule has 0 aromatic heterocycles. The Bertz CT molecular complexity index is 487. The Labute approximate surface area is 105 Å². The normalized spacial score (nSPS) is 20.1. The van der Waals surface area contributed by atoms with Gasteiger partial charge in [0.15, 0.2) is 0 Å². The third-order valence-corrected chi connectivity index (χ3v) is 3.46. The Kier molecular flexibility index (Phi) is 3.23. The van der Waals surface area contributed by atoms with E-state index >= 15 is 0 Å². The van der Waals surface area contributed by atoms with Crippen molar-refractivity contribution in [1.82, 2.24) is 0 Å². The van der Waals surface area contributed by atoms with Crippen molar-refractivity contribution in [3.05, 3.63) is 29.8 Å². The number of aliphatic carboxylic acids is 1. The standard InChI is InChI=1S/C13H16N2O3/c1-8(12(14)16)15-7-6-10(13(17)18)9-4-2-3-5-11(9)15/h2-5,8,10H,6-7H2,1H3,(H2,14,16)(H,17,18)/t8-,10+/m0/s1. The van der Waals surface area contributed by atoms with Crippen molar-refractivity contribution in [2.45, 2.75) is 25.3 Å². The monoisotopic (exact) mass is 248 g/mol. The number of benzene rings is 1. The van der Waals surface area contributed by atoms with Crippen LogP contribution in [-0.2, 0) is 9.59 Å². The first-order valence-electron chi connectivity index (χ1n) is 5.90. The van der Waals surface area contributed by atoms with Crippen LogP contribution >= 0.6 is 0 Å². The van der Waals surface area contributed by atoms with Crippen molar-refractivity contribution in [2.24, 2.45) is 5.73 Å². The van der Waals surface area contributed by atoms with E-state index in [1.165, 1.54) is 0 Å². The Morgan fingerprint density at radius 3 is 2.72 bits per heavy atom. The molecule has 1 aliphatic rings. The average Bonchev–Trinajstić information content (AvgIpc) is 2.36. The van der Waals surface area contributed by atoms with E-state index in [1.807, 2.05) is 23.1 Å². The van der Waals surface area contributed by atoms with Crippen LogP contribution in [0.4, 0.5) is 5.69 Å². The summed E-state index contributed by atoms with van der Waals surface area (Å²) in [6.07, 6.45) is 0.490. The Hall–Kier alpha value is -2.04. The topological polar surface area (TPSA) is 83.6 Å². The smallest absolute Gasteiger partial charge is 0.311 e. The summed E-state index contributed by atoms with van der Waals surface area (Å²) in [7, 11) is 0. The lowest BCUT2D eigenvalue weighted by atomic mass is 9.89. The Morgan fingerprint density at radius 2 is 2.11 bits per heavy atom. The van der Waals surface area contributed by atoms with E-state index in [0.717, 1.165) is 11.3 Å². The van der Waals surface area contributed by atoms with Crippen molar-refractivity contribution >= 4 is 17.6 Å². The second kappa shape index (κ2) is 4.68. The van der Waals surface area contributed by atoms with Gasteiger partial charge in [-0.15, -0.1) is 0 Å². The summed E-state index contributed by atoms with van der Waals surface area (Å²) in [4.78, 5) is 24.4. The maximum absolute atomic E-state index is 11.3. The van der Waals surface area contributed by atoms with Crippen LogP contribution in [0.2, 0.25) is 0 Å². The van der Waals surface area contributed by atoms with Gasteiger partial charge in [-0.1, -0.05) is 18.2 Å². The van der Waals surface area contributed by atoms with E-state index in [-0.39, 0.29) is 0 Å². The molecular weight excluding hydrogens is 232 g/mol. The Balaban J connectivity index is 2.42. The molecule has 0 radical (unpaired) electrons. The van der Waals surface area contributed by atoms with Gasteiger partial charge in [0.1, 0.15) is 6.04 Å². The summed E-state index contributed by atoms with van der Waals surface area (Å²) in [6.45, 7) is 2.26. The first-order valence-corrected chi connectivity index (χ1v) is 5.90. The third-order valence-electron chi connectivity index (χ3n) is 3.46. The molecule has 0 saturated carbocycles. The van der Waals surface area contributed by atoms with Crippen molar-refractivity contribution in [2.75, 3.05) is 11.4 Å². The highest BCUT2D eigenvalue weighted by atomic mass is 16.4. The predicted molar refractivity (Wildman–Crippen MR) is 67.4 cm³/mol. The molecule has 0 saturated heterocycles. The highest BCUT2D eigenvalue weighted by Crippen LogP contribution is 2.36. The fourth-order valence-electron chi connectivity index (χ4n) is 2.40. The number of carbonyl (C=O) groups is 2. The molecule has 1 aromatic carbocycles. The van der Waals surface area contributed by atoms with Crippen LogP contribution in [0.1, 0.15) is 24.8 Å². The van der Waals surface area contributed by atoms with Crippen LogP contribution in [0, 0.1) is 0 Å². The molecule has 0 bridgehead atoms. The van der Waals surface area contributed by atoms with E-state index < -0.39 is 23.8 Å². The van der Waals surface area contributed by atoms with Gasteiger partial charge in [0.05, 0.1) is 5.92 Å². The minimum absolute atomic E-state index is 0.404. The first-order chi connectivity index (χ1) is 8.52. The minimum Gasteiger partial charge on any atom is -0.481 e. The van der Waals surface area contributed by atoms with Gasteiger partial charge in [0, 0.05) is 12.2 Å². The fourth-order valence-corrected chi connectivity index (χ4v) is 2.40. The van der Waals surface area contributed by atoms with Gasteiger partial charge in [-0.05, 0) is 25.0 Å². The van der Waals surface area contributed by atoms with Gasteiger partial charge in [0.2, 0.25) is 5.91 Å². The minimum atomic E-state index is -0.825. The number of para-hydroxylation sites is 1. The quantitative estimate of drug-likeness (QED) is 0.833. The number of carboxylic acid groups (broad SMARTS) is 1. The number of carboxylic acids is 1. The van der Waals surface area contributed by atoms with Crippen LogP contribution in [0.15, 0.2) is 24.3 Å². The second-order valence-corrected chi connectivity index (χ2v) is 4.51. The number of amides is 1. The molecule has 1 heterocycles. The number of primary amides is 1. The number of nitrogens with zero attached hydrogens (tertiary/aromatic N) is 1. The van der Waals surface area contributed by atoms with E-state index in [9.17, 15) is 14.7 Å². The summed E-state index contributed by atoms with van der Waals surface area (Å²) < 4.78 is 0. The van der Waals surface area contributed by atoms with Crippen molar-refractivity contribution < 1.29 is 14.7 Å². The maximum atomic E-state index is 11.3. The predicted octanol–water partition coefficient (Wildman–Crippen LogP) is 0.939.